The summed E-state index contributed by atoms with van der Waals surface area (Å²) in [6.45, 7) is 1.77. The number of halogens is 1. The van der Waals surface area contributed by atoms with Crippen molar-refractivity contribution in [1.82, 2.24) is 4.90 Å². The minimum Gasteiger partial charge on any atom is -0.330 e. The molecule has 2 unspecified atom stereocenters. The standard InChI is InChI=1S/C16H25FN2S/c1-19(15-8-4-2-6-13(15)12-18)10-11-20-16-9-5-3-7-14(16)17/h3,5,7,9,13,15H,2,4,6,8,10-12,18H2,1H3. The van der Waals surface area contributed by atoms with Gasteiger partial charge in [-0.25, -0.2) is 4.39 Å². The van der Waals surface area contributed by atoms with Crippen LogP contribution in [0.25, 0.3) is 0 Å². The lowest BCUT2D eigenvalue weighted by molar-refractivity contribution is 0.140. The van der Waals surface area contributed by atoms with Gasteiger partial charge in [-0.2, -0.15) is 0 Å². The Morgan fingerprint density at radius 3 is 2.80 bits per heavy atom. The molecule has 1 fully saturated rings. The fraction of sp³-hybridized carbons (Fsp3) is 0.625. The Hall–Kier alpha value is -0.580. The fourth-order valence-electron chi connectivity index (χ4n) is 3.07. The molecule has 1 aromatic rings. The lowest BCUT2D eigenvalue weighted by Gasteiger charge is -2.37. The summed E-state index contributed by atoms with van der Waals surface area (Å²) in [7, 11) is 2.18. The van der Waals surface area contributed by atoms with E-state index in [2.05, 4.69) is 11.9 Å². The van der Waals surface area contributed by atoms with Crippen LogP contribution in [0.3, 0.4) is 0 Å². The molecule has 1 aliphatic carbocycles. The average molecular weight is 296 g/mol. The molecule has 0 saturated heterocycles. The molecule has 2 rings (SSSR count). The molecule has 0 heterocycles. The zero-order valence-corrected chi connectivity index (χ0v) is 13.0. The maximum Gasteiger partial charge on any atom is 0.136 e. The Labute approximate surface area is 125 Å². The Bertz CT molecular complexity index is 413. The molecule has 20 heavy (non-hydrogen) atoms. The second-order valence-corrected chi connectivity index (χ2v) is 6.74. The smallest absolute Gasteiger partial charge is 0.136 e. The number of hydrogen-bond acceptors (Lipinski definition) is 3. The molecule has 1 aliphatic rings. The third kappa shape index (κ3) is 4.21. The maximum atomic E-state index is 13.5. The van der Waals surface area contributed by atoms with E-state index >= 15 is 0 Å². The molecule has 112 valence electrons. The van der Waals surface area contributed by atoms with E-state index in [0.29, 0.717) is 12.0 Å². The van der Waals surface area contributed by atoms with Crippen LogP contribution in [0, 0.1) is 11.7 Å². The van der Waals surface area contributed by atoms with Crippen LogP contribution in [0.1, 0.15) is 25.7 Å². The third-order valence-electron chi connectivity index (χ3n) is 4.28. The Balaban J connectivity index is 1.79. The number of thioether (sulfide) groups is 1. The van der Waals surface area contributed by atoms with Gasteiger partial charge < -0.3 is 10.6 Å². The molecule has 0 aromatic heterocycles. The van der Waals surface area contributed by atoms with Gasteiger partial charge in [-0.1, -0.05) is 25.0 Å². The highest BCUT2D eigenvalue weighted by Gasteiger charge is 2.26. The second kappa shape index (κ2) is 8.01. The zero-order chi connectivity index (χ0) is 14.4. The van der Waals surface area contributed by atoms with E-state index in [-0.39, 0.29) is 5.82 Å². The second-order valence-electron chi connectivity index (χ2n) is 5.61. The Morgan fingerprint density at radius 1 is 1.30 bits per heavy atom. The fourth-order valence-corrected chi connectivity index (χ4v) is 4.05. The van der Waals surface area contributed by atoms with Crippen LogP contribution in [0.15, 0.2) is 29.2 Å². The quantitative estimate of drug-likeness (QED) is 0.816. The number of benzene rings is 1. The molecule has 0 amide bonds. The van der Waals surface area contributed by atoms with E-state index in [9.17, 15) is 4.39 Å². The molecule has 2 nitrogen and oxygen atoms in total. The Kier molecular flexibility index (Phi) is 6.33. The number of rotatable bonds is 6. The van der Waals surface area contributed by atoms with Crippen molar-refractivity contribution < 1.29 is 4.39 Å². The summed E-state index contributed by atoms with van der Waals surface area (Å²) >= 11 is 1.60. The summed E-state index contributed by atoms with van der Waals surface area (Å²) in [5.41, 5.74) is 5.89. The molecule has 0 radical (unpaired) electrons. The van der Waals surface area contributed by atoms with Crippen LogP contribution in [-0.4, -0.2) is 36.8 Å². The normalized spacial score (nSPS) is 23.2. The predicted octanol–water partition coefficient (Wildman–Crippen LogP) is 3.37. The summed E-state index contributed by atoms with van der Waals surface area (Å²) in [5, 5.41) is 0. The van der Waals surface area contributed by atoms with Gasteiger partial charge in [0.2, 0.25) is 0 Å². The minimum absolute atomic E-state index is 0.113. The van der Waals surface area contributed by atoms with E-state index in [1.54, 1.807) is 17.8 Å². The van der Waals surface area contributed by atoms with Gasteiger partial charge in [0.25, 0.3) is 0 Å². The molecule has 0 spiro atoms. The lowest BCUT2D eigenvalue weighted by Crippen LogP contribution is -2.43. The first-order valence-corrected chi connectivity index (χ1v) is 8.48. The number of hydrogen-bond donors (Lipinski definition) is 1. The van der Waals surface area contributed by atoms with E-state index in [1.807, 2.05) is 12.1 Å². The highest BCUT2D eigenvalue weighted by atomic mass is 32.2. The molecule has 0 aliphatic heterocycles. The van der Waals surface area contributed by atoms with E-state index in [0.717, 1.165) is 23.7 Å². The molecule has 1 saturated carbocycles. The summed E-state index contributed by atoms with van der Waals surface area (Å²) in [6, 6.07) is 7.61. The topological polar surface area (TPSA) is 29.3 Å². The molecule has 2 N–H and O–H groups in total. The number of nitrogens with zero attached hydrogens (tertiary/aromatic N) is 1. The van der Waals surface area contributed by atoms with E-state index < -0.39 is 0 Å². The number of nitrogens with two attached hydrogens (primary N) is 1. The van der Waals surface area contributed by atoms with Crippen molar-refractivity contribution in [3.8, 4) is 0 Å². The maximum absolute atomic E-state index is 13.5. The van der Waals surface area contributed by atoms with Gasteiger partial charge in [0, 0.05) is 23.2 Å². The van der Waals surface area contributed by atoms with Crippen LogP contribution in [0.4, 0.5) is 4.39 Å². The first kappa shape index (κ1) is 15.8. The lowest BCUT2D eigenvalue weighted by atomic mass is 9.84. The van der Waals surface area contributed by atoms with Crippen molar-refractivity contribution >= 4 is 11.8 Å². The van der Waals surface area contributed by atoms with Crippen LogP contribution < -0.4 is 5.73 Å². The van der Waals surface area contributed by atoms with E-state index in [4.69, 9.17) is 5.73 Å². The highest BCUT2D eigenvalue weighted by Crippen LogP contribution is 2.28. The summed E-state index contributed by atoms with van der Waals surface area (Å²) in [4.78, 5) is 3.17. The first-order valence-electron chi connectivity index (χ1n) is 7.50. The van der Waals surface area contributed by atoms with E-state index in [1.165, 1.54) is 31.7 Å². The largest absolute Gasteiger partial charge is 0.330 e. The molecular weight excluding hydrogens is 271 g/mol. The van der Waals surface area contributed by atoms with Crippen LogP contribution in [0.5, 0.6) is 0 Å². The molecule has 0 bridgehead atoms. The molecular formula is C16H25FN2S. The highest BCUT2D eigenvalue weighted by molar-refractivity contribution is 7.99. The molecule has 4 heteroatoms. The third-order valence-corrected chi connectivity index (χ3v) is 5.30. The van der Waals surface area contributed by atoms with Gasteiger partial charge >= 0.3 is 0 Å². The van der Waals surface area contributed by atoms with Gasteiger partial charge in [-0.3, -0.25) is 0 Å². The predicted molar refractivity (Wildman–Crippen MR) is 84.6 cm³/mol. The molecule has 2 atom stereocenters. The van der Waals surface area contributed by atoms with Gasteiger partial charge in [0.15, 0.2) is 0 Å². The average Bonchev–Trinajstić information content (AvgIpc) is 2.49. The summed E-state index contributed by atoms with van der Waals surface area (Å²) in [6.07, 6.45) is 5.14. The zero-order valence-electron chi connectivity index (χ0n) is 12.2. The molecule has 1 aromatic carbocycles. The van der Waals surface area contributed by atoms with Gasteiger partial charge in [-0.05, 0) is 44.5 Å². The SMILES string of the molecule is CN(CCSc1ccccc1F)C1CCCCC1CN. The van der Waals surface area contributed by atoms with Crippen LogP contribution >= 0.6 is 11.8 Å². The summed E-state index contributed by atoms with van der Waals surface area (Å²) < 4.78 is 13.5. The monoisotopic (exact) mass is 296 g/mol. The van der Waals surface area contributed by atoms with Gasteiger partial charge in [0.05, 0.1) is 0 Å². The van der Waals surface area contributed by atoms with Crippen LogP contribution in [0.2, 0.25) is 0 Å². The van der Waals surface area contributed by atoms with Crippen molar-refractivity contribution in [3.05, 3.63) is 30.1 Å². The van der Waals surface area contributed by atoms with Crippen molar-refractivity contribution in [3.63, 3.8) is 0 Å². The van der Waals surface area contributed by atoms with Crippen molar-refractivity contribution in [2.45, 2.75) is 36.6 Å². The Morgan fingerprint density at radius 2 is 2.05 bits per heavy atom. The van der Waals surface area contributed by atoms with Crippen molar-refractivity contribution in [2.75, 3.05) is 25.9 Å². The summed E-state index contributed by atoms with van der Waals surface area (Å²) in [5.74, 6) is 1.44. The van der Waals surface area contributed by atoms with Crippen molar-refractivity contribution in [1.29, 1.82) is 0 Å². The van der Waals surface area contributed by atoms with Gasteiger partial charge in [-0.15, -0.1) is 11.8 Å². The van der Waals surface area contributed by atoms with Crippen molar-refractivity contribution in [2.24, 2.45) is 11.7 Å². The minimum atomic E-state index is -0.113. The first-order chi connectivity index (χ1) is 9.72. The van der Waals surface area contributed by atoms with Gasteiger partial charge in [0.1, 0.15) is 5.82 Å². The van der Waals surface area contributed by atoms with Crippen LogP contribution in [-0.2, 0) is 0 Å².